The van der Waals surface area contributed by atoms with E-state index in [9.17, 15) is 24.3 Å². The standard InChI is InChI=1S/C24H44N4O7.C2H6.CH2O2/c1-18(2)25-11-6-8-24(33)28-21(20(4)30)9-10-23(32)26-12-5-7-22(31)27-13-14-34-15-16-35-17-19(3)29;1-2;2-1-3/h18,21,25,30H,4-17H2,1-3H3,(H,26,32)(H,27,31)(H,28,33);1-2H3;1H,(H,2,3). The van der Waals surface area contributed by atoms with Gasteiger partial charge in [-0.1, -0.05) is 34.3 Å². The lowest BCUT2D eigenvalue weighted by molar-refractivity contribution is -0.124. The van der Waals surface area contributed by atoms with E-state index in [1.54, 1.807) is 0 Å². The first kappa shape index (κ1) is 41.5. The van der Waals surface area contributed by atoms with Crippen molar-refractivity contribution in [3.8, 4) is 0 Å². The van der Waals surface area contributed by atoms with E-state index in [0.717, 1.165) is 6.54 Å². The normalized spacial score (nSPS) is 10.7. The molecule has 13 nitrogen and oxygen atoms in total. The van der Waals surface area contributed by atoms with Crippen LogP contribution in [0.25, 0.3) is 0 Å². The summed E-state index contributed by atoms with van der Waals surface area (Å²) in [7, 11) is 0. The average molecular weight is 577 g/mol. The molecule has 6 N–H and O–H groups in total. The highest BCUT2D eigenvalue weighted by molar-refractivity contribution is 5.78. The van der Waals surface area contributed by atoms with Crippen molar-refractivity contribution in [3.05, 3.63) is 12.3 Å². The quantitative estimate of drug-likeness (QED) is 0.0624. The molecule has 0 aliphatic carbocycles. The third-order valence-corrected chi connectivity index (χ3v) is 4.68. The Labute approximate surface area is 238 Å². The molecular formula is C27H52N4O9. The van der Waals surface area contributed by atoms with Crippen LogP contribution in [0, 0.1) is 0 Å². The number of ether oxygens (including phenoxy) is 2. The van der Waals surface area contributed by atoms with Gasteiger partial charge in [0.2, 0.25) is 17.7 Å². The van der Waals surface area contributed by atoms with Crippen molar-refractivity contribution in [2.45, 2.75) is 85.2 Å². The summed E-state index contributed by atoms with van der Waals surface area (Å²) >= 11 is 0. The highest BCUT2D eigenvalue weighted by Gasteiger charge is 2.16. The number of carbonyl (C=O) groups is 5. The molecular weight excluding hydrogens is 524 g/mol. The Morgan fingerprint density at radius 2 is 1.38 bits per heavy atom. The maximum absolute atomic E-state index is 12.0. The van der Waals surface area contributed by atoms with Crippen LogP contribution in [0.15, 0.2) is 12.3 Å². The minimum absolute atomic E-state index is 0.0430. The van der Waals surface area contributed by atoms with Crippen molar-refractivity contribution < 1.29 is 43.7 Å². The molecule has 0 heterocycles. The summed E-state index contributed by atoms with van der Waals surface area (Å²) in [6.07, 6.45) is 2.08. The van der Waals surface area contributed by atoms with Crippen LogP contribution in [0.2, 0.25) is 0 Å². The fraction of sp³-hybridized carbons (Fsp3) is 0.741. The molecule has 0 fully saturated rings. The SMILES string of the molecule is C=C(O)C(CCC(=O)NCCCC(=O)NCCOCCOCC(C)=O)NC(=O)CCCNC(C)C.CC.O=CO. The molecule has 0 aromatic carbocycles. The molecule has 0 spiro atoms. The number of Topliss-reactive ketones (excluding diaryl/α,β-unsaturated/α-hetero) is 1. The van der Waals surface area contributed by atoms with Gasteiger partial charge in [-0.3, -0.25) is 24.0 Å². The summed E-state index contributed by atoms with van der Waals surface area (Å²) in [6, 6.07) is -0.327. The van der Waals surface area contributed by atoms with Gasteiger partial charge >= 0.3 is 0 Å². The van der Waals surface area contributed by atoms with Crippen molar-refractivity contribution in [2.24, 2.45) is 0 Å². The average Bonchev–Trinajstić information content (AvgIpc) is 2.89. The molecule has 0 aliphatic rings. The molecule has 13 heteroatoms. The van der Waals surface area contributed by atoms with Gasteiger partial charge in [0.15, 0.2) is 5.78 Å². The van der Waals surface area contributed by atoms with Gasteiger partial charge in [0, 0.05) is 38.4 Å². The summed E-state index contributed by atoms with van der Waals surface area (Å²) < 4.78 is 10.3. The van der Waals surface area contributed by atoms with Crippen LogP contribution in [-0.2, 0) is 33.4 Å². The number of nitrogens with one attached hydrogen (secondary N) is 4. The van der Waals surface area contributed by atoms with E-state index in [2.05, 4.69) is 27.8 Å². The second-order valence-corrected chi connectivity index (χ2v) is 8.64. The Morgan fingerprint density at radius 1 is 0.850 bits per heavy atom. The van der Waals surface area contributed by atoms with Gasteiger partial charge < -0.3 is 41.0 Å². The molecule has 1 atom stereocenters. The van der Waals surface area contributed by atoms with Gasteiger partial charge in [0.25, 0.3) is 6.47 Å². The van der Waals surface area contributed by atoms with E-state index in [1.807, 2.05) is 27.7 Å². The second-order valence-electron chi connectivity index (χ2n) is 8.64. The Kier molecular flexibility index (Phi) is 31.6. The summed E-state index contributed by atoms with van der Waals surface area (Å²) in [4.78, 5) is 54.9. The molecule has 0 rings (SSSR count). The fourth-order valence-corrected chi connectivity index (χ4v) is 2.86. The lowest BCUT2D eigenvalue weighted by atomic mass is 10.1. The van der Waals surface area contributed by atoms with Crippen LogP contribution in [0.1, 0.15) is 73.1 Å². The van der Waals surface area contributed by atoms with Gasteiger partial charge in [-0.25, -0.2) is 0 Å². The van der Waals surface area contributed by atoms with E-state index >= 15 is 0 Å². The first-order valence-corrected chi connectivity index (χ1v) is 13.7. The zero-order valence-corrected chi connectivity index (χ0v) is 24.9. The lowest BCUT2D eigenvalue weighted by Crippen LogP contribution is -2.37. The third-order valence-electron chi connectivity index (χ3n) is 4.68. The topological polar surface area (TPSA) is 192 Å². The van der Waals surface area contributed by atoms with Crippen LogP contribution in [-0.4, -0.2) is 98.3 Å². The zero-order chi connectivity index (χ0) is 31.2. The Hall–Kier alpha value is -3.03. The highest BCUT2D eigenvalue weighted by atomic mass is 16.5. The van der Waals surface area contributed by atoms with Gasteiger partial charge in [0.1, 0.15) is 12.4 Å². The van der Waals surface area contributed by atoms with Crippen LogP contribution in [0.4, 0.5) is 0 Å². The van der Waals surface area contributed by atoms with Crippen molar-refractivity contribution in [1.82, 2.24) is 21.3 Å². The van der Waals surface area contributed by atoms with Gasteiger partial charge in [-0.15, -0.1) is 0 Å². The maximum Gasteiger partial charge on any atom is 0.290 e. The molecule has 3 amide bonds. The second kappa shape index (κ2) is 30.5. The number of aliphatic hydroxyl groups is 1. The molecule has 234 valence electrons. The predicted molar refractivity (Wildman–Crippen MR) is 153 cm³/mol. The first-order valence-electron chi connectivity index (χ1n) is 13.7. The Bertz CT molecular complexity index is 703. The number of rotatable bonds is 22. The van der Waals surface area contributed by atoms with Crippen molar-refractivity contribution >= 4 is 30.0 Å². The molecule has 0 bridgehead atoms. The number of carboxylic acid groups (broad SMARTS) is 1. The molecule has 0 aromatic rings. The summed E-state index contributed by atoms with van der Waals surface area (Å²) in [5.74, 6) is -0.797. The smallest absolute Gasteiger partial charge is 0.290 e. The van der Waals surface area contributed by atoms with Crippen LogP contribution in [0.3, 0.4) is 0 Å². The lowest BCUT2D eigenvalue weighted by Gasteiger charge is -2.17. The molecule has 1 unspecified atom stereocenters. The number of aliphatic hydroxyl groups excluding tert-OH is 1. The van der Waals surface area contributed by atoms with Crippen LogP contribution < -0.4 is 21.3 Å². The predicted octanol–water partition coefficient (Wildman–Crippen LogP) is 1.46. The first-order chi connectivity index (χ1) is 19.0. The largest absolute Gasteiger partial charge is 0.511 e. The van der Waals surface area contributed by atoms with Crippen molar-refractivity contribution in [2.75, 3.05) is 46.1 Å². The number of ketones is 1. The van der Waals surface area contributed by atoms with E-state index < -0.39 is 6.04 Å². The van der Waals surface area contributed by atoms with Gasteiger partial charge in [0.05, 0.1) is 25.9 Å². The number of hydrogen-bond acceptors (Lipinski definition) is 9. The maximum atomic E-state index is 12.0. The summed E-state index contributed by atoms with van der Waals surface area (Å²) in [5, 5.41) is 28.0. The van der Waals surface area contributed by atoms with Crippen molar-refractivity contribution in [3.63, 3.8) is 0 Å². The van der Waals surface area contributed by atoms with Gasteiger partial charge in [-0.05, 0) is 32.7 Å². The van der Waals surface area contributed by atoms with Crippen LogP contribution >= 0.6 is 0 Å². The summed E-state index contributed by atoms with van der Waals surface area (Å²) in [5.41, 5.74) is 0. The highest BCUT2D eigenvalue weighted by Crippen LogP contribution is 2.06. The third kappa shape index (κ3) is 33.0. The molecule has 0 aromatic heterocycles. The molecule has 40 heavy (non-hydrogen) atoms. The monoisotopic (exact) mass is 576 g/mol. The van der Waals surface area contributed by atoms with Crippen LogP contribution in [0.5, 0.6) is 0 Å². The minimum atomic E-state index is -0.681. The fourth-order valence-electron chi connectivity index (χ4n) is 2.86. The summed E-state index contributed by atoms with van der Waals surface area (Å²) in [6.45, 7) is 15.3. The number of amides is 3. The molecule has 0 saturated heterocycles. The number of hydrogen-bond donors (Lipinski definition) is 6. The Balaban J connectivity index is -0.00000255. The zero-order valence-electron chi connectivity index (χ0n) is 24.9. The van der Waals surface area contributed by atoms with E-state index in [4.69, 9.17) is 19.4 Å². The molecule has 0 aliphatic heterocycles. The molecule has 0 radical (unpaired) electrons. The van der Waals surface area contributed by atoms with E-state index in [-0.39, 0.29) is 61.6 Å². The van der Waals surface area contributed by atoms with Gasteiger partial charge in [-0.2, -0.15) is 0 Å². The minimum Gasteiger partial charge on any atom is -0.511 e. The van der Waals surface area contributed by atoms with E-state index in [1.165, 1.54) is 6.92 Å². The Morgan fingerprint density at radius 3 is 1.95 bits per heavy atom. The molecule has 0 saturated carbocycles. The number of carbonyl (C=O) groups excluding carboxylic acids is 4. The van der Waals surface area contributed by atoms with E-state index in [0.29, 0.717) is 58.2 Å². The van der Waals surface area contributed by atoms with Crippen molar-refractivity contribution in [1.29, 1.82) is 0 Å².